The fourth-order valence-electron chi connectivity index (χ4n) is 0.635. The fourth-order valence-corrected chi connectivity index (χ4v) is 0.825. The minimum atomic E-state index is -0.415. The van der Waals surface area contributed by atoms with Crippen molar-refractivity contribution in [2.45, 2.75) is 13.8 Å². The summed E-state index contributed by atoms with van der Waals surface area (Å²) in [5.41, 5.74) is 1.39. The molecule has 0 spiro atoms. The van der Waals surface area contributed by atoms with Gasteiger partial charge in [-0.05, 0) is 25.0 Å². The van der Waals surface area contributed by atoms with Gasteiger partial charge in [0, 0.05) is 6.20 Å². The Bertz CT molecular complexity index is 233. The van der Waals surface area contributed by atoms with Gasteiger partial charge in [-0.15, -0.1) is 0 Å². The number of halogens is 2. The zero-order valence-corrected chi connectivity index (χ0v) is 6.54. The molecule has 0 N–H and O–H groups in total. The lowest BCUT2D eigenvalue weighted by Crippen LogP contribution is -1.90. The molecule has 1 nitrogen and oxygen atoms in total. The molecule has 0 saturated heterocycles. The van der Waals surface area contributed by atoms with E-state index in [9.17, 15) is 4.39 Å². The highest BCUT2D eigenvalue weighted by Gasteiger charge is 2.05. The van der Waals surface area contributed by atoms with Gasteiger partial charge in [-0.1, -0.05) is 11.6 Å². The Labute approximate surface area is 63.8 Å². The average molecular weight is 160 g/mol. The molecule has 0 radical (unpaired) electrons. The third-order valence-electron chi connectivity index (χ3n) is 1.47. The van der Waals surface area contributed by atoms with Crippen LogP contribution >= 0.6 is 11.6 Å². The minimum absolute atomic E-state index is 0.0527. The molecule has 0 amide bonds. The summed E-state index contributed by atoms with van der Waals surface area (Å²) in [6.07, 6.45) is 1.56. The maximum atomic E-state index is 12.8. The molecule has 1 aromatic rings. The standard InChI is InChI=1S/C7H7ClFN/c1-4-3-10-7(8)6(9)5(4)2/h3H,1-2H3. The molecule has 1 rings (SSSR count). The number of nitrogens with zero attached hydrogens (tertiary/aromatic N) is 1. The molecular weight excluding hydrogens is 153 g/mol. The monoisotopic (exact) mass is 159 g/mol. The summed E-state index contributed by atoms with van der Waals surface area (Å²) in [7, 11) is 0. The van der Waals surface area contributed by atoms with Crippen LogP contribution in [0.3, 0.4) is 0 Å². The molecule has 0 aliphatic rings. The summed E-state index contributed by atoms with van der Waals surface area (Å²) in [4.78, 5) is 3.63. The van der Waals surface area contributed by atoms with Crippen LogP contribution in [-0.4, -0.2) is 4.98 Å². The second-order valence-electron chi connectivity index (χ2n) is 2.17. The quantitative estimate of drug-likeness (QED) is 0.530. The Morgan fingerprint density at radius 3 is 2.60 bits per heavy atom. The second-order valence-corrected chi connectivity index (χ2v) is 2.53. The largest absolute Gasteiger partial charge is 0.241 e. The predicted molar refractivity (Wildman–Crippen MR) is 38.7 cm³/mol. The van der Waals surface area contributed by atoms with Gasteiger partial charge in [0.05, 0.1) is 0 Å². The topological polar surface area (TPSA) is 12.9 Å². The average Bonchev–Trinajstić information content (AvgIpc) is 1.93. The molecule has 0 atom stereocenters. The van der Waals surface area contributed by atoms with E-state index in [1.165, 1.54) is 0 Å². The number of aromatic nitrogens is 1. The molecule has 54 valence electrons. The van der Waals surface area contributed by atoms with Gasteiger partial charge in [-0.25, -0.2) is 9.37 Å². The molecule has 0 aliphatic carbocycles. The van der Waals surface area contributed by atoms with Crippen molar-refractivity contribution >= 4 is 11.6 Å². The summed E-state index contributed by atoms with van der Waals surface area (Å²) >= 11 is 5.40. The van der Waals surface area contributed by atoms with Crippen molar-refractivity contribution < 1.29 is 4.39 Å². The second kappa shape index (κ2) is 2.54. The van der Waals surface area contributed by atoms with Gasteiger partial charge in [0.2, 0.25) is 0 Å². The van der Waals surface area contributed by atoms with E-state index in [1.54, 1.807) is 20.0 Å². The minimum Gasteiger partial charge on any atom is -0.241 e. The molecule has 10 heavy (non-hydrogen) atoms. The van der Waals surface area contributed by atoms with Crippen LogP contribution in [0.4, 0.5) is 4.39 Å². The van der Waals surface area contributed by atoms with E-state index in [0.29, 0.717) is 5.56 Å². The lowest BCUT2D eigenvalue weighted by molar-refractivity contribution is 0.610. The van der Waals surface area contributed by atoms with Crippen molar-refractivity contribution in [3.63, 3.8) is 0 Å². The summed E-state index contributed by atoms with van der Waals surface area (Å²) in [5.74, 6) is -0.415. The van der Waals surface area contributed by atoms with Crippen molar-refractivity contribution in [2.75, 3.05) is 0 Å². The van der Waals surface area contributed by atoms with Crippen molar-refractivity contribution in [3.05, 3.63) is 28.3 Å². The van der Waals surface area contributed by atoms with Gasteiger partial charge in [-0.2, -0.15) is 0 Å². The van der Waals surface area contributed by atoms with Crippen LogP contribution < -0.4 is 0 Å². The van der Waals surface area contributed by atoms with Crippen molar-refractivity contribution in [2.24, 2.45) is 0 Å². The Morgan fingerprint density at radius 2 is 2.10 bits per heavy atom. The Morgan fingerprint density at radius 1 is 1.50 bits per heavy atom. The molecular formula is C7H7ClFN. The van der Waals surface area contributed by atoms with Crippen LogP contribution in [0.2, 0.25) is 5.15 Å². The third kappa shape index (κ3) is 1.12. The zero-order chi connectivity index (χ0) is 7.72. The Hall–Kier alpha value is -0.630. The first kappa shape index (κ1) is 7.48. The van der Waals surface area contributed by atoms with E-state index in [1.807, 2.05) is 0 Å². The molecule has 3 heteroatoms. The third-order valence-corrected chi connectivity index (χ3v) is 1.74. The van der Waals surface area contributed by atoms with E-state index in [4.69, 9.17) is 11.6 Å². The number of aryl methyl sites for hydroxylation is 1. The lowest BCUT2D eigenvalue weighted by Gasteiger charge is -2.00. The molecule has 1 heterocycles. The molecule has 0 aliphatic heterocycles. The van der Waals surface area contributed by atoms with E-state index in [0.717, 1.165) is 5.56 Å². The fraction of sp³-hybridized carbons (Fsp3) is 0.286. The first-order valence-electron chi connectivity index (χ1n) is 2.90. The zero-order valence-electron chi connectivity index (χ0n) is 5.78. The Kier molecular flexibility index (Phi) is 1.90. The van der Waals surface area contributed by atoms with E-state index < -0.39 is 5.82 Å². The summed E-state index contributed by atoms with van der Waals surface area (Å²) in [5, 5.41) is -0.0527. The number of rotatable bonds is 0. The van der Waals surface area contributed by atoms with Gasteiger partial charge in [0.15, 0.2) is 11.0 Å². The van der Waals surface area contributed by atoms with Crippen molar-refractivity contribution in [3.8, 4) is 0 Å². The van der Waals surface area contributed by atoms with Crippen molar-refractivity contribution in [1.82, 2.24) is 4.98 Å². The molecule has 1 aromatic heterocycles. The highest BCUT2D eigenvalue weighted by Crippen LogP contribution is 2.16. The normalized spacial score (nSPS) is 10.0. The number of hydrogen-bond acceptors (Lipinski definition) is 1. The molecule has 0 aromatic carbocycles. The summed E-state index contributed by atoms with van der Waals surface area (Å²) < 4.78 is 12.8. The molecule has 0 bridgehead atoms. The van der Waals surface area contributed by atoms with Crippen LogP contribution in [0.1, 0.15) is 11.1 Å². The predicted octanol–water partition coefficient (Wildman–Crippen LogP) is 2.49. The summed E-state index contributed by atoms with van der Waals surface area (Å²) in [6, 6.07) is 0. The van der Waals surface area contributed by atoms with E-state index >= 15 is 0 Å². The van der Waals surface area contributed by atoms with Gasteiger partial charge in [0.25, 0.3) is 0 Å². The maximum absolute atomic E-state index is 12.8. The van der Waals surface area contributed by atoms with E-state index in [2.05, 4.69) is 4.98 Å². The van der Waals surface area contributed by atoms with Gasteiger partial charge in [-0.3, -0.25) is 0 Å². The van der Waals surface area contributed by atoms with Gasteiger partial charge in [0.1, 0.15) is 0 Å². The van der Waals surface area contributed by atoms with E-state index in [-0.39, 0.29) is 5.15 Å². The van der Waals surface area contributed by atoms with Crippen LogP contribution in [0.25, 0.3) is 0 Å². The number of hydrogen-bond donors (Lipinski definition) is 0. The van der Waals surface area contributed by atoms with Crippen LogP contribution in [0, 0.1) is 19.7 Å². The molecule has 0 saturated carbocycles. The lowest BCUT2D eigenvalue weighted by atomic mass is 10.2. The van der Waals surface area contributed by atoms with Gasteiger partial charge >= 0.3 is 0 Å². The van der Waals surface area contributed by atoms with Crippen LogP contribution in [-0.2, 0) is 0 Å². The summed E-state index contributed by atoms with van der Waals surface area (Å²) in [6.45, 7) is 3.47. The first-order valence-corrected chi connectivity index (χ1v) is 3.28. The number of pyridine rings is 1. The van der Waals surface area contributed by atoms with Crippen LogP contribution in [0.15, 0.2) is 6.20 Å². The Balaban J connectivity index is 3.34. The smallest absolute Gasteiger partial charge is 0.164 e. The maximum Gasteiger partial charge on any atom is 0.164 e. The van der Waals surface area contributed by atoms with Crippen LogP contribution in [0.5, 0.6) is 0 Å². The van der Waals surface area contributed by atoms with Crippen molar-refractivity contribution in [1.29, 1.82) is 0 Å². The molecule has 0 unspecified atom stereocenters. The SMILES string of the molecule is Cc1cnc(Cl)c(F)c1C. The highest BCUT2D eigenvalue weighted by atomic mass is 35.5. The first-order chi connectivity index (χ1) is 4.63. The van der Waals surface area contributed by atoms with Gasteiger partial charge < -0.3 is 0 Å². The molecule has 0 fully saturated rings. The highest BCUT2D eigenvalue weighted by molar-refractivity contribution is 6.29.